The number of hydrogen-bond acceptors (Lipinski definition) is 3. The summed E-state index contributed by atoms with van der Waals surface area (Å²) in [6, 6.07) is 8.19. The van der Waals surface area contributed by atoms with E-state index < -0.39 is 0 Å². The summed E-state index contributed by atoms with van der Waals surface area (Å²) in [7, 11) is 2.02. The Balaban J connectivity index is 1.80. The van der Waals surface area contributed by atoms with E-state index in [1.807, 2.05) is 19.2 Å². The van der Waals surface area contributed by atoms with Gasteiger partial charge in [-0.3, -0.25) is 9.59 Å². The Hall–Kier alpha value is -2.62. The summed E-state index contributed by atoms with van der Waals surface area (Å²) in [5.41, 5.74) is 3.62. The van der Waals surface area contributed by atoms with Gasteiger partial charge < -0.3 is 9.30 Å². The highest BCUT2D eigenvalue weighted by Gasteiger charge is 2.42. The Bertz CT molecular complexity index is 979. The molecule has 1 aliphatic heterocycles. The Morgan fingerprint density at radius 1 is 0.923 bits per heavy atom. The molecule has 0 N–H and O–H groups in total. The largest absolute Gasteiger partial charge is 0.465 e. The molecule has 5 rings (SSSR count). The van der Waals surface area contributed by atoms with Crippen LogP contribution in [0.3, 0.4) is 0 Å². The number of para-hydroxylation sites is 1. The molecule has 0 saturated heterocycles. The highest BCUT2D eigenvalue weighted by molar-refractivity contribution is 6.07. The maximum atomic E-state index is 12.9. The normalized spacial score (nSPS) is 21.1. The van der Waals surface area contributed by atoms with Crippen molar-refractivity contribution in [2.24, 2.45) is 7.05 Å². The maximum Gasteiger partial charge on any atom is 0.163 e. The molecular weight excluding hydrogens is 326 g/mol. The van der Waals surface area contributed by atoms with Crippen LogP contribution in [0.4, 0.5) is 0 Å². The number of allylic oxidation sites excluding steroid dienone is 4. The molecule has 0 radical (unpaired) electrons. The molecule has 2 aromatic rings. The molecule has 2 heterocycles. The van der Waals surface area contributed by atoms with Crippen LogP contribution in [0.5, 0.6) is 0 Å². The first-order valence-electron chi connectivity index (χ1n) is 9.39. The van der Waals surface area contributed by atoms with Crippen LogP contribution in [-0.4, -0.2) is 16.1 Å². The molecule has 1 aromatic heterocycles. The number of ketones is 2. The average molecular weight is 347 g/mol. The van der Waals surface area contributed by atoms with Crippen LogP contribution in [0, 0.1) is 0 Å². The van der Waals surface area contributed by atoms with Crippen LogP contribution >= 0.6 is 0 Å². The number of aryl methyl sites for hydroxylation is 1. The molecule has 1 aromatic carbocycles. The quantitative estimate of drug-likeness (QED) is 0.772. The number of ether oxygens (including phenoxy) is 1. The molecule has 0 bridgehead atoms. The molecule has 26 heavy (non-hydrogen) atoms. The van der Waals surface area contributed by atoms with Gasteiger partial charge in [-0.15, -0.1) is 0 Å². The van der Waals surface area contributed by atoms with Gasteiger partial charge in [-0.05, 0) is 24.5 Å². The molecule has 0 amide bonds. The van der Waals surface area contributed by atoms with Gasteiger partial charge in [-0.1, -0.05) is 18.2 Å². The van der Waals surface area contributed by atoms with Crippen molar-refractivity contribution < 1.29 is 14.3 Å². The summed E-state index contributed by atoms with van der Waals surface area (Å²) in [5.74, 6) is 1.59. The average Bonchev–Trinajstić information content (AvgIpc) is 2.97. The van der Waals surface area contributed by atoms with E-state index >= 15 is 0 Å². The number of hydrogen-bond donors (Lipinski definition) is 0. The molecule has 4 heteroatoms. The van der Waals surface area contributed by atoms with E-state index in [0.717, 1.165) is 64.8 Å². The van der Waals surface area contributed by atoms with E-state index in [4.69, 9.17) is 4.74 Å². The van der Waals surface area contributed by atoms with Crippen LogP contribution in [0.2, 0.25) is 0 Å². The van der Waals surface area contributed by atoms with Crippen molar-refractivity contribution in [3.8, 4) is 0 Å². The molecular formula is C22H21NO3. The van der Waals surface area contributed by atoms with Crippen molar-refractivity contribution in [3.05, 3.63) is 58.7 Å². The van der Waals surface area contributed by atoms with Gasteiger partial charge in [0.2, 0.25) is 0 Å². The maximum absolute atomic E-state index is 12.9. The number of aromatic nitrogens is 1. The van der Waals surface area contributed by atoms with E-state index in [9.17, 15) is 9.59 Å². The van der Waals surface area contributed by atoms with Crippen molar-refractivity contribution in [1.82, 2.24) is 4.57 Å². The van der Waals surface area contributed by atoms with Gasteiger partial charge in [-0.2, -0.15) is 0 Å². The zero-order valence-electron chi connectivity index (χ0n) is 14.9. The van der Waals surface area contributed by atoms with E-state index in [1.54, 1.807) is 0 Å². The lowest BCUT2D eigenvalue weighted by Gasteiger charge is -2.35. The minimum atomic E-state index is -0.277. The first kappa shape index (κ1) is 15.6. The Morgan fingerprint density at radius 3 is 2.19 bits per heavy atom. The zero-order chi connectivity index (χ0) is 17.8. The van der Waals surface area contributed by atoms with E-state index in [2.05, 4.69) is 22.9 Å². The minimum Gasteiger partial charge on any atom is -0.465 e. The zero-order valence-corrected chi connectivity index (χ0v) is 14.9. The third kappa shape index (κ3) is 2.14. The topological polar surface area (TPSA) is 48.3 Å². The van der Waals surface area contributed by atoms with E-state index in [-0.39, 0.29) is 17.5 Å². The van der Waals surface area contributed by atoms with Crippen molar-refractivity contribution >= 4 is 22.5 Å². The second-order valence-corrected chi connectivity index (χ2v) is 7.47. The predicted molar refractivity (Wildman–Crippen MR) is 98.5 cm³/mol. The van der Waals surface area contributed by atoms with Gasteiger partial charge in [0.1, 0.15) is 11.5 Å². The van der Waals surface area contributed by atoms with Gasteiger partial charge in [0.25, 0.3) is 0 Å². The first-order chi connectivity index (χ1) is 12.6. The van der Waals surface area contributed by atoms with Gasteiger partial charge >= 0.3 is 0 Å². The lowest BCUT2D eigenvalue weighted by molar-refractivity contribution is -0.117. The third-order valence-electron chi connectivity index (χ3n) is 5.88. The van der Waals surface area contributed by atoms with Crippen LogP contribution in [0.25, 0.3) is 10.9 Å². The summed E-state index contributed by atoms with van der Waals surface area (Å²) in [4.78, 5) is 25.7. The summed E-state index contributed by atoms with van der Waals surface area (Å²) in [5, 5.41) is 1.11. The molecule has 132 valence electrons. The van der Waals surface area contributed by atoms with Gasteiger partial charge in [-0.25, -0.2) is 0 Å². The van der Waals surface area contributed by atoms with Gasteiger partial charge in [0.05, 0.1) is 0 Å². The van der Waals surface area contributed by atoms with E-state index in [0.29, 0.717) is 12.8 Å². The summed E-state index contributed by atoms with van der Waals surface area (Å²) in [6.07, 6.45) is 6.40. The van der Waals surface area contributed by atoms with Crippen molar-refractivity contribution in [2.45, 2.75) is 44.4 Å². The SMILES string of the molecule is Cn1cc(C2C3=C(CCCC3=O)OC3=C2C(=O)CCC3)c2ccccc21. The fourth-order valence-corrected chi connectivity index (χ4v) is 4.73. The number of rotatable bonds is 1. The van der Waals surface area contributed by atoms with Gasteiger partial charge in [0.15, 0.2) is 11.6 Å². The highest BCUT2D eigenvalue weighted by Crippen LogP contribution is 2.49. The standard InChI is InChI=1S/C22H21NO3/c1-23-12-14(13-6-2-3-7-15(13)23)20-21-16(24)8-4-10-18(21)26-19-11-5-9-17(25)22(19)20/h2-3,6-7,12,20H,4-5,8-11H2,1H3. The molecule has 0 fully saturated rings. The van der Waals surface area contributed by atoms with Crippen LogP contribution in [0.1, 0.15) is 50.0 Å². The molecule has 0 spiro atoms. The van der Waals surface area contributed by atoms with Crippen molar-refractivity contribution in [3.63, 3.8) is 0 Å². The predicted octanol–water partition coefficient (Wildman–Crippen LogP) is 4.31. The summed E-state index contributed by atoms with van der Waals surface area (Å²) in [6.45, 7) is 0. The van der Waals surface area contributed by atoms with Crippen molar-refractivity contribution in [2.75, 3.05) is 0 Å². The lowest BCUT2D eigenvalue weighted by Crippen LogP contribution is -2.30. The number of carbonyl (C=O) groups excluding carboxylic acids is 2. The van der Waals surface area contributed by atoms with E-state index in [1.165, 1.54) is 0 Å². The Labute approximate surface area is 152 Å². The second kappa shape index (κ2) is 5.70. The number of carbonyl (C=O) groups is 2. The van der Waals surface area contributed by atoms with Crippen molar-refractivity contribution in [1.29, 1.82) is 0 Å². The van der Waals surface area contributed by atoms with Crippen LogP contribution < -0.4 is 0 Å². The number of nitrogens with zero attached hydrogens (tertiary/aromatic N) is 1. The highest BCUT2D eigenvalue weighted by atomic mass is 16.5. The van der Waals surface area contributed by atoms with Crippen LogP contribution in [-0.2, 0) is 21.4 Å². The number of Topliss-reactive ketones (excluding diaryl/α,β-unsaturated/α-hetero) is 2. The second-order valence-electron chi connectivity index (χ2n) is 7.47. The molecule has 0 unspecified atom stereocenters. The smallest absolute Gasteiger partial charge is 0.163 e. The van der Waals surface area contributed by atoms with Crippen LogP contribution in [0.15, 0.2) is 53.1 Å². The number of fused-ring (bicyclic) bond motifs is 1. The minimum absolute atomic E-state index is 0.133. The summed E-state index contributed by atoms with van der Waals surface area (Å²) >= 11 is 0. The molecule has 4 nitrogen and oxygen atoms in total. The summed E-state index contributed by atoms with van der Waals surface area (Å²) < 4.78 is 8.20. The third-order valence-corrected chi connectivity index (χ3v) is 5.88. The monoisotopic (exact) mass is 347 g/mol. The fourth-order valence-electron chi connectivity index (χ4n) is 4.73. The molecule has 3 aliphatic rings. The number of benzene rings is 1. The first-order valence-corrected chi connectivity index (χ1v) is 9.39. The fraction of sp³-hybridized carbons (Fsp3) is 0.364. The molecule has 0 saturated carbocycles. The lowest BCUT2D eigenvalue weighted by atomic mass is 9.73. The molecule has 2 aliphatic carbocycles. The Morgan fingerprint density at radius 2 is 1.54 bits per heavy atom. The molecule has 0 atom stereocenters. The Kier molecular flexibility index (Phi) is 3.42. The van der Waals surface area contributed by atoms with Gasteiger partial charge in [0, 0.05) is 66.9 Å².